The van der Waals surface area contributed by atoms with E-state index in [1.165, 1.54) is 22.9 Å². The molecule has 0 aromatic carbocycles. The molecule has 3 heterocycles. The van der Waals surface area contributed by atoms with Crippen molar-refractivity contribution in [3.05, 3.63) is 46.1 Å². The van der Waals surface area contributed by atoms with Crippen molar-refractivity contribution in [1.29, 1.82) is 0 Å². The fourth-order valence-corrected chi connectivity index (χ4v) is 3.64. The number of likely N-dealkylation sites (tertiary alicyclic amines) is 1. The van der Waals surface area contributed by atoms with E-state index in [9.17, 15) is 14.4 Å². The van der Waals surface area contributed by atoms with Crippen LogP contribution in [0.1, 0.15) is 29.0 Å². The minimum Gasteiger partial charge on any atom is -0.360 e. The number of carbonyl (C=O) groups is 2. The first-order chi connectivity index (χ1) is 13.8. The van der Waals surface area contributed by atoms with Crippen LogP contribution in [0.4, 0.5) is 5.82 Å². The van der Waals surface area contributed by atoms with Crippen LogP contribution in [0.2, 0.25) is 0 Å². The van der Waals surface area contributed by atoms with Crippen LogP contribution < -0.4 is 10.9 Å². The van der Waals surface area contributed by atoms with Crippen molar-refractivity contribution >= 4 is 17.6 Å². The molecule has 1 aliphatic heterocycles. The maximum absolute atomic E-state index is 12.9. The Morgan fingerprint density at radius 1 is 1.34 bits per heavy atom. The maximum atomic E-state index is 12.9. The molecular weight excluding hydrogens is 374 g/mol. The van der Waals surface area contributed by atoms with Gasteiger partial charge in [-0.3, -0.25) is 14.4 Å². The Kier molecular flexibility index (Phi) is 6.48. The number of anilines is 1. The van der Waals surface area contributed by atoms with E-state index in [-0.39, 0.29) is 23.8 Å². The van der Waals surface area contributed by atoms with Crippen molar-refractivity contribution < 1.29 is 14.1 Å². The third kappa shape index (κ3) is 5.54. The average molecular weight is 401 g/mol. The summed E-state index contributed by atoms with van der Waals surface area (Å²) in [6.45, 7) is 3.84. The number of hydrogen-bond acceptors (Lipinski definition) is 6. The van der Waals surface area contributed by atoms with Crippen LogP contribution in [0.3, 0.4) is 0 Å². The van der Waals surface area contributed by atoms with E-state index in [1.807, 2.05) is 19.0 Å². The molecule has 9 heteroatoms. The maximum Gasteiger partial charge on any atom is 0.255 e. The molecule has 0 unspecified atom stereocenters. The number of aromatic nitrogens is 2. The molecule has 0 spiro atoms. The van der Waals surface area contributed by atoms with Gasteiger partial charge in [0.25, 0.3) is 11.5 Å². The number of carbonyl (C=O) groups excluding carboxylic acids is 2. The summed E-state index contributed by atoms with van der Waals surface area (Å²) in [5.41, 5.74) is 0.0531. The molecule has 1 atom stereocenters. The number of amides is 2. The molecule has 2 aromatic rings. The van der Waals surface area contributed by atoms with Crippen molar-refractivity contribution in [2.75, 3.05) is 39.0 Å². The molecule has 2 amide bonds. The SMILES string of the molecule is Cc1cc(NC(=O)Cn2cc(C(=O)N3CCC[C@@H](CN(C)C)C3)ccc2=O)no1. The number of pyridine rings is 1. The smallest absolute Gasteiger partial charge is 0.255 e. The van der Waals surface area contributed by atoms with Gasteiger partial charge in [-0.1, -0.05) is 5.16 Å². The van der Waals surface area contributed by atoms with Crippen LogP contribution in [0.25, 0.3) is 0 Å². The third-order valence-corrected chi connectivity index (χ3v) is 4.87. The molecule has 3 rings (SSSR count). The molecular formula is C20H27N5O4. The summed E-state index contributed by atoms with van der Waals surface area (Å²) >= 11 is 0. The molecule has 0 radical (unpaired) electrons. The highest BCUT2D eigenvalue weighted by atomic mass is 16.5. The summed E-state index contributed by atoms with van der Waals surface area (Å²) in [5.74, 6) is 0.751. The zero-order valence-corrected chi connectivity index (χ0v) is 17.1. The lowest BCUT2D eigenvalue weighted by Gasteiger charge is -2.34. The Morgan fingerprint density at radius 2 is 2.14 bits per heavy atom. The van der Waals surface area contributed by atoms with Crippen molar-refractivity contribution in [2.45, 2.75) is 26.3 Å². The van der Waals surface area contributed by atoms with E-state index in [2.05, 4.69) is 15.4 Å². The Balaban J connectivity index is 1.68. The molecule has 1 fully saturated rings. The number of hydrogen-bond donors (Lipinski definition) is 1. The van der Waals surface area contributed by atoms with Gasteiger partial charge in [-0.15, -0.1) is 0 Å². The summed E-state index contributed by atoms with van der Waals surface area (Å²) in [4.78, 5) is 41.3. The Morgan fingerprint density at radius 3 is 2.83 bits per heavy atom. The Bertz CT molecular complexity index is 933. The number of rotatable bonds is 6. The molecule has 156 valence electrons. The molecule has 0 aliphatic carbocycles. The number of aryl methyl sites for hydroxylation is 1. The van der Waals surface area contributed by atoms with Crippen LogP contribution in [0, 0.1) is 12.8 Å². The summed E-state index contributed by atoms with van der Waals surface area (Å²) in [6.07, 6.45) is 3.51. The quantitative estimate of drug-likeness (QED) is 0.781. The van der Waals surface area contributed by atoms with Crippen LogP contribution in [0.5, 0.6) is 0 Å². The van der Waals surface area contributed by atoms with E-state index < -0.39 is 5.91 Å². The minimum atomic E-state index is -0.422. The summed E-state index contributed by atoms with van der Waals surface area (Å²) in [6, 6.07) is 4.43. The number of nitrogens with one attached hydrogen (secondary N) is 1. The van der Waals surface area contributed by atoms with Crippen molar-refractivity contribution in [3.8, 4) is 0 Å². The van der Waals surface area contributed by atoms with Crippen molar-refractivity contribution in [2.24, 2.45) is 5.92 Å². The van der Waals surface area contributed by atoms with Gasteiger partial charge in [-0.25, -0.2) is 0 Å². The van der Waals surface area contributed by atoms with Gasteiger partial charge >= 0.3 is 0 Å². The first kappa shape index (κ1) is 20.8. The standard InChI is InChI=1S/C20H27N5O4/c1-14-9-17(22-29-14)21-18(26)13-25-12-16(6-7-19(25)27)20(28)24-8-4-5-15(11-24)10-23(2)3/h6-7,9,12,15H,4-5,8,10-11,13H2,1-3H3,(H,21,22,26)/t15-/m0/s1. The van der Waals surface area contributed by atoms with Gasteiger partial charge in [0, 0.05) is 38.0 Å². The molecule has 1 saturated heterocycles. The van der Waals surface area contributed by atoms with Crippen molar-refractivity contribution in [1.82, 2.24) is 19.5 Å². The van der Waals surface area contributed by atoms with Gasteiger partial charge in [-0.2, -0.15) is 0 Å². The van der Waals surface area contributed by atoms with Crippen molar-refractivity contribution in [3.63, 3.8) is 0 Å². The second-order valence-corrected chi connectivity index (χ2v) is 7.78. The molecule has 1 N–H and O–H groups in total. The zero-order valence-electron chi connectivity index (χ0n) is 17.1. The van der Waals surface area contributed by atoms with Crippen LogP contribution >= 0.6 is 0 Å². The van der Waals surface area contributed by atoms with Crippen LogP contribution in [-0.2, 0) is 11.3 Å². The van der Waals surface area contributed by atoms with E-state index in [0.717, 1.165) is 19.4 Å². The lowest BCUT2D eigenvalue weighted by Crippen LogP contribution is -2.43. The Labute approximate surface area is 169 Å². The lowest BCUT2D eigenvalue weighted by atomic mass is 9.97. The second-order valence-electron chi connectivity index (χ2n) is 7.78. The zero-order chi connectivity index (χ0) is 21.0. The average Bonchev–Trinajstić information content (AvgIpc) is 3.07. The fourth-order valence-electron chi connectivity index (χ4n) is 3.64. The highest BCUT2D eigenvalue weighted by Crippen LogP contribution is 2.19. The van der Waals surface area contributed by atoms with Crippen LogP contribution in [-0.4, -0.2) is 65.1 Å². The van der Waals surface area contributed by atoms with Gasteiger partial charge in [0.05, 0.1) is 5.56 Å². The molecule has 2 aromatic heterocycles. The third-order valence-electron chi connectivity index (χ3n) is 4.87. The predicted octanol–water partition coefficient (Wildman–Crippen LogP) is 1.20. The van der Waals surface area contributed by atoms with Gasteiger partial charge in [-0.05, 0) is 45.8 Å². The van der Waals surface area contributed by atoms with E-state index in [0.29, 0.717) is 30.3 Å². The topological polar surface area (TPSA) is 101 Å². The number of nitrogens with zero attached hydrogens (tertiary/aromatic N) is 4. The molecule has 1 aliphatic rings. The summed E-state index contributed by atoms with van der Waals surface area (Å²) in [5, 5.41) is 6.27. The molecule has 9 nitrogen and oxygen atoms in total. The molecule has 0 bridgehead atoms. The fraction of sp³-hybridized carbons (Fsp3) is 0.500. The monoisotopic (exact) mass is 401 g/mol. The predicted molar refractivity (Wildman–Crippen MR) is 108 cm³/mol. The normalized spacial score (nSPS) is 16.8. The molecule has 29 heavy (non-hydrogen) atoms. The minimum absolute atomic E-state index is 0.116. The summed E-state index contributed by atoms with van der Waals surface area (Å²) in [7, 11) is 4.06. The van der Waals surface area contributed by atoms with E-state index in [1.54, 1.807) is 13.0 Å². The largest absolute Gasteiger partial charge is 0.360 e. The molecule has 0 saturated carbocycles. The highest BCUT2D eigenvalue weighted by molar-refractivity contribution is 5.94. The van der Waals surface area contributed by atoms with Gasteiger partial charge in [0.15, 0.2) is 5.82 Å². The lowest BCUT2D eigenvalue weighted by molar-refractivity contribution is -0.116. The highest BCUT2D eigenvalue weighted by Gasteiger charge is 2.25. The first-order valence-corrected chi connectivity index (χ1v) is 9.69. The number of piperidine rings is 1. The van der Waals surface area contributed by atoms with Crippen LogP contribution in [0.15, 0.2) is 33.7 Å². The van der Waals surface area contributed by atoms with E-state index >= 15 is 0 Å². The van der Waals surface area contributed by atoms with E-state index in [4.69, 9.17) is 4.52 Å². The Hall–Kier alpha value is -2.94. The van der Waals surface area contributed by atoms with Gasteiger partial charge in [0.1, 0.15) is 12.3 Å². The van der Waals surface area contributed by atoms with Gasteiger partial charge in [0.2, 0.25) is 5.91 Å². The summed E-state index contributed by atoms with van der Waals surface area (Å²) < 4.78 is 6.14. The first-order valence-electron chi connectivity index (χ1n) is 9.69. The second kappa shape index (κ2) is 9.04. The van der Waals surface area contributed by atoms with Gasteiger partial charge < -0.3 is 24.2 Å².